The highest BCUT2D eigenvalue weighted by Crippen LogP contribution is 2.26. The zero-order valence-corrected chi connectivity index (χ0v) is 15.7. The van der Waals surface area contributed by atoms with E-state index in [0.29, 0.717) is 0 Å². The van der Waals surface area contributed by atoms with Crippen LogP contribution in [0.15, 0.2) is 42.5 Å². The van der Waals surface area contributed by atoms with Crippen LogP contribution < -0.4 is 0 Å². The van der Waals surface area contributed by atoms with Gasteiger partial charge in [-0.1, -0.05) is 29.8 Å². The fourth-order valence-electron chi connectivity index (χ4n) is 3.36. The Hall–Kier alpha value is -1.84. The van der Waals surface area contributed by atoms with E-state index >= 15 is 0 Å². The maximum atomic E-state index is 12.6. The molecular formula is C21H25ClN2O. The molecule has 0 bridgehead atoms. The van der Waals surface area contributed by atoms with Crippen LogP contribution in [-0.2, 0) is 0 Å². The number of carbonyl (C=O) groups is 1. The first-order chi connectivity index (χ1) is 12.0. The quantitative estimate of drug-likeness (QED) is 0.788. The summed E-state index contributed by atoms with van der Waals surface area (Å²) in [6.45, 7) is 6.11. The molecule has 0 atom stereocenters. The Labute approximate surface area is 155 Å². The van der Waals surface area contributed by atoms with Crippen LogP contribution in [-0.4, -0.2) is 48.9 Å². The van der Waals surface area contributed by atoms with Gasteiger partial charge in [0.15, 0.2) is 0 Å². The van der Waals surface area contributed by atoms with Crippen LogP contribution in [0.1, 0.15) is 28.8 Å². The van der Waals surface area contributed by atoms with Crippen molar-refractivity contribution in [2.24, 2.45) is 0 Å². The summed E-state index contributed by atoms with van der Waals surface area (Å²) in [4.78, 5) is 16.8. The van der Waals surface area contributed by atoms with Gasteiger partial charge in [-0.05, 0) is 73.8 Å². The molecule has 0 spiro atoms. The van der Waals surface area contributed by atoms with E-state index in [-0.39, 0.29) is 5.91 Å². The van der Waals surface area contributed by atoms with Crippen molar-refractivity contribution in [3.05, 3.63) is 58.6 Å². The fraction of sp³-hybridized carbons (Fsp3) is 0.381. The van der Waals surface area contributed by atoms with E-state index in [1.54, 1.807) is 0 Å². The summed E-state index contributed by atoms with van der Waals surface area (Å²) in [6.07, 6.45) is 2.56. The Morgan fingerprint density at radius 1 is 1.12 bits per heavy atom. The maximum absolute atomic E-state index is 12.6. The number of nitrogens with zero attached hydrogens (tertiary/aromatic N) is 2. The molecular weight excluding hydrogens is 332 g/mol. The highest BCUT2D eigenvalue weighted by Gasteiger charge is 2.15. The minimum atomic E-state index is 0.0820. The van der Waals surface area contributed by atoms with Crippen LogP contribution in [0.2, 0.25) is 5.02 Å². The van der Waals surface area contributed by atoms with E-state index in [9.17, 15) is 4.79 Å². The van der Waals surface area contributed by atoms with E-state index < -0.39 is 0 Å². The van der Waals surface area contributed by atoms with Gasteiger partial charge in [0.2, 0.25) is 0 Å². The van der Waals surface area contributed by atoms with E-state index in [1.165, 1.54) is 12.8 Å². The Balaban J connectivity index is 1.65. The Morgan fingerprint density at radius 3 is 2.44 bits per heavy atom. The lowest BCUT2D eigenvalue weighted by Crippen LogP contribution is -2.35. The second kappa shape index (κ2) is 8.03. The first-order valence-corrected chi connectivity index (χ1v) is 9.27. The van der Waals surface area contributed by atoms with Crippen molar-refractivity contribution in [3.8, 4) is 11.1 Å². The van der Waals surface area contributed by atoms with Crippen molar-refractivity contribution in [3.63, 3.8) is 0 Å². The van der Waals surface area contributed by atoms with Crippen molar-refractivity contribution in [1.29, 1.82) is 0 Å². The molecule has 0 aliphatic carbocycles. The number of carbonyl (C=O) groups excluding carboxylic acids is 1. The molecule has 0 unspecified atom stereocenters. The minimum Gasteiger partial charge on any atom is -0.340 e. The number of benzene rings is 2. The zero-order chi connectivity index (χ0) is 17.8. The number of likely N-dealkylation sites (N-methyl/N-ethyl adjacent to an activating group) is 1. The number of halogens is 1. The number of amides is 1. The van der Waals surface area contributed by atoms with Gasteiger partial charge >= 0.3 is 0 Å². The summed E-state index contributed by atoms with van der Waals surface area (Å²) in [6, 6.07) is 13.7. The van der Waals surface area contributed by atoms with Gasteiger partial charge < -0.3 is 9.80 Å². The average molecular weight is 357 g/mol. The molecule has 0 saturated carbocycles. The van der Waals surface area contributed by atoms with Gasteiger partial charge in [-0.25, -0.2) is 0 Å². The molecule has 1 aliphatic rings. The van der Waals surface area contributed by atoms with E-state index in [4.69, 9.17) is 11.6 Å². The molecule has 2 aromatic rings. The first kappa shape index (κ1) is 18.0. The van der Waals surface area contributed by atoms with Gasteiger partial charge in [0.25, 0.3) is 5.91 Å². The van der Waals surface area contributed by atoms with Gasteiger partial charge in [-0.2, -0.15) is 0 Å². The van der Waals surface area contributed by atoms with Gasteiger partial charge in [0, 0.05) is 30.7 Å². The molecule has 4 heteroatoms. The largest absolute Gasteiger partial charge is 0.340 e. The molecule has 1 heterocycles. The lowest BCUT2D eigenvalue weighted by molar-refractivity contribution is 0.0782. The SMILES string of the molecule is Cc1cc(Cl)ccc1-c1ccc(C(=O)N(C)CCN2CCCC2)cc1. The number of hydrogen-bond donors (Lipinski definition) is 0. The van der Waals surface area contributed by atoms with Crippen LogP contribution in [0.3, 0.4) is 0 Å². The normalized spacial score (nSPS) is 14.7. The maximum Gasteiger partial charge on any atom is 0.253 e. The summed E-state index contributed by atoms with van der Waals surface area (Å²) in [5.41, 5.74) is 4.12. The Morgan fingerprint density at radius 2 is 1.80 bits per heavy atom. The standard InChI is InChI=1S/C21H25ClN2O/c1-16-15-19(22)9-10-20(16)17-5-7-18(8-6-17)21(25)23(2)13-14-24-11-3-4-12-24/h5-10,15H,3-4,11-14H2,1-2H3. The second-order valence-electron chi connectivity index (χ2n) is 6.81. The Bertz CT molecular complexity index is 736. The lowest BCUT2D eigenvalue weighted by Gasteiger charge is -2.21. The van der Waals surface area contributed by atoms with Crippen LogP contribution in [0.25, 0.3) is 11.1 Å². The van der Waals surface area contributed by atoms with Gasteiger partial charge in [0.05, 0.1) is 0 Å². The van der Waals surface area contributed by atoms with Crippen LogP contribution in [0, 0.1) is 6.92 Å². The molecule has 1 aliphatic heterocycles. The number of rotatable bonds is 5. The number of aryl methyl sites for hydroxylation is 1. The Kier molecular flexibility index (Phi) is 5.77. The minimum absolute atomic E-state index is 0.0820. The van der Waals surface area contributed by atoms with Crippen LogP contribution in [0.4, 0.5) is 0 Å². The number of hydrogen-bond acceptors (Lipinski definition) is 2. The molecule has 3 nitrogen and oxygen atoms in total. The molecule has 1 saturated heterocycles. The summed E-state index contributed by atoms with van der Waals surface area (Å²) < 4.78 is 0. The monoisotopic (exact) mass is 356 g/mol. The predicted octanol–water partition coefficient (Wildman–Crippen LogP) is 4.48. The third-order valence-corrected chi connectivity index (χ3v) is 5.16. The average Bonchev–Trinajstić information content (AvgIpc) is 3.13. The molecule has 3 rings (SSSR count). The first-order valence-electron chi connectivity index (χ1n) is 8.89. The highest BCUT2D eigenvalue weighted by molar-refractivity contribution is 6.30. The predicted molar refractivity (Wildman–Crippen MR) is 104 cm³/mol. The number of likely N-dealkylation sites (tertiary alicyclic amines) is 1. The molecule has 1 amide bonds. The summed E-state index contributed by atoms with van der Waals surface area (Å²) in [7, 11) is 1.88. The van der Waals surface area contributed by atoms with Crippen molar-refractivity contribution in [1.82, 2.24) is 9.80 Å². The van der Waals surface area contributed by atoms with Gasteiger partial charge in [0.1, 0.15) is 0 Å². The lowest BCUT2D eigenvalue weighted by atomic mass is 9.99. The molecule has 0 radical (unpaired) electrons. The molecule has 2 aromatic carbocycles. The molecule has 132 valence electrons. The van der Waals surface area contributed by atoms with Gasteiger partial charge in [-0.3, -0.25) is 4.79 Å². The van der Waals surface area contributed by atoms with E-state index in [0.717, 1.165) is 53.5 Å². The second-order valence-corrected chi connectivity index (χ2v) is 7.25. The summed E-state index contributed by atoms with van der Waals surface area (Å²) in [5, 5.41) is 0.743. The molecule has 25 heavy (non-hydrogen) atoms. The van der Waals surface area contributed by atoms with Gasteiger partial charge in [-0.15, -0.1) is 0 Å². The smallest absolute Gasteiger partial charge is 0.253 e. The molecule has 0 aromatic heterocycles. The highest BCUT2D eigenvalue weighted by atomic mass is 35.5. The van der Waals surface area contributed by atoms with Crippen molar-refractivity contribution < 1.29 is 4.79 Å². The van der Waals surface area contributed by atoms with E-state index in [1.807, 2.05) is 61.3 Å². The zero-order valence-electron chi connectivity index (χ0n) is 15.0. The van der Waals surface area contributed by atoms with E-state index in [2.05, 4.69) is 4.90 Å². The fourth-order valence-corrected chi connectivity index (χ4v) is 3.59. The topological polar surface area (TPSA) is 23.6 Å². The van der Waals surface area contributed by atoms with Crippen molar-refractivity contribution >= 4 is 17.5 Å². The summed E-state index contributed by atoms with van der Waals surface area (Å²) >= 11 is 6.03. The van der Waals surface area contributed by atoms with Crippen molar-refractivity contribution in [2.75, 3.05) is 33.2 Å². The van der Waals surface area contributed by atoms with Crippen molar-refractivity contribution in [2.45, 2.75) is 19.8 Å². The molecule has 1 fully saturated rings. The summed E-state index contributed by atoms with van der Waals surface area (Å²) in [5.74, 6) is 0.0820. The van der Waals surface area contributed by atoms with Crippen LogP contribution in [0.5, 0.6) is 0 Å². The van der Waals surface area contributed by atoms with Crippen LogP contribution >= 0.6 is 11.6 Å². The third-order valence-electron chi connectivity index (χ3n) is 4.93. The molecule has 0 N–H and O–H groups in total. The third kappa shape index (κ3) is 4.42.